The van der Waals surface area contributed by atoms with E-state index in [0.29, 0.717) is 17.8 Å². The number of hydrogen-bond acceptors (Lipinski definition) is 2. The summed E-state index contributed by atoms with van der Waals surface area (Å²) < 4.78 is 5.63. The smallest absolute Gasteiger partial charge is 0.306 e. The minimum Gasteiger partial charge on any atom is -0.459 e. The Morgan fingerprint density at radius 2 is 2.00 bits per heavy atom. The van der Waals surface area contributed by atoms with E-state index in [4.69, 9.17) is 4.74 Å². The van der Waals surface area contributed by atoms with Crippen molar-refractivity contribution < 1.29 is 9.53 Å². The van der Waals surface area contributed by atoms with Crippen molar-refractivity contribution in [3.05, 3.63) is 0 Å². The van der Waals surface area contributed by atoms with Crippen LogP contribution in [0.3, 0.4) is 0 Å². The Hall–Kier alpha value is -0.530. The molecule has 0 aromatic heterocycles. The van der Waals surface area contributed by atoms with E-state index in [2.05, 4.69) is 13.8 Å². The third kappa shape index (κ3) is 1.28. The van der Waals surface area contributed by atoms with Gasteiger partial charge in [-0.05, 0) is 43.9 Å². The van der Waals surface area contributed by atoms with Crippen LogP contribution in [0.25, 0.3) is 0 Å². The van der Waals surface area contributed by atoms with E-state index in [1.807, 2.05) is 0 Å². The third-order valence-electron chi connectivity index (χ3n) is 5.69. The average Bonchev–Trinajstić information content (AvgIpc) is 2.54. The summed E-state index contributed by atoms with van der Waals surface area (Å²) in [6, 6.07) is 0. The molecule has 2 nitrogen and oxygen atoms in total. The van der Waals surface area contributed by atoms with Gasteiger partial charge in [-0.25, -0.2) is 0 Å². The van der Waals surface area contributed by atoms with Crippen molar-refractivity contribution in [1.29, 1.82) is 0 Å². The summed E-state index contributed by atoms with van der Waals surface area (Å²) in [5, 5.41) is 0. The number of rotatable bonds is 0. The lowest BCUT2D eigenvalue weighted by atomic mass is 9.51. The number of esters is 1. The predicted octanol–water partition coefficient (Wildman–Crippen LogP) is 3.30. The average molecular weight is 222 g/mol. The standard InChI is InChI=1S/C14H22O2/c1-13-7-4-3-5-10(13)6-8-14(2)11(13)9-12(15)16-14/h10-11H,3-9H2,1-2H3. The van der Waals surface area contributed by atoms with Gasteiger partial charge in [0.1, 0.15) is 5.60 Å². The molecule has 0 amide bonds. The number of carbonyl (C=O) groups excluding carboxylic acids is 1. The van der Waals surface area contributed by atoms with E-state index in [1.165, 1.54) is 32.1 Å². The van der Waals surface area contributed by atoms with Crippen LogP contribution in [0.1, 0.15) is 58.8 Å². The highest BCUT2D eigenvalue weighted by Crippen LogP contribution is 2.60. The van der Waals surface area contributed by atoms with Crippen molar-refractivity contribution >= 4 is 5.97 Å². The summed E-state index contributed by atoms with van der Waals surface area (Å²) in [6.45, 7) is 4.58. The lowest BCUT2D eigenvalue weighted by Gasteiger charge is -2.54. The monoisotopic (exact) mass is 222 g/mol. The first kappa shape index (κ1) is 10.6. The van der Waals surface area contributed by atoms with Gasteiger partial charge in [0.05, 0.1) is 6.42 Å². The van der Waals surface area contributed by atoms with Crippen LogP contribution >= 0.6 is 0 Å². The van der Waals surface area contributed by atoms with Crippen LogP contribution in [0.15, 0.2) is 0 Å². The zero-order valence-electron chi connectivity index (χ0n) is 10.4. The van der Waals surface area contributed by atoms with E-state index in [-0.39, 0.29) is 11.6 Å². The molecule has 90 valence electrons. The molecule has 0 aromatic rings. The Labute approximate surface area is 97.7 Å². The molecule has 1 saturated heterocycles. The molecule has 3 fully saturated rings. The molecule has 0 N–H and O–H groups in total. The van der Waals surface area contributed by atoms with Crippen LogP contribution in [-0.4, -0.2) is 11.6 Å². The maximum Gasteiger partial charge on any atom is 0.306 e. The SMILES string of the molecule is CC12CCC3CCCCC3(C)C1CC(=O)O2. The minimum absolute atomic E-state index is 0.0416. The van der Waals surface area contributed by atoms with Gasteiger partial charge in [-0.2, -0.15) is 0 Å². The van der Waals surface area contributed by atoms with E-state index in [0.717, 1.165) is 12.3 Å². The Balaban J connectivity index is 1.95. The molecule has 1 aliphatic heterocycles. The Kier molecular flexibility index (Phi) is 2.15. The van der Waals surface area contributed by atoms with Crippen molar-refractivity contribution in [3.8, 4) is 0 Å². The highest BCUT2D eigenvalue weighted by Gasteiger charge is 2.59. The van der Waals surface area contributed by atoms with Crippen LogP contribution in [0, 0.1) is 17.3 Å². The topological polar surface area (TPSA) is 26.3 Å². The largest absolute Gasteiger partial charge is 0.459 e. The second-order valence-corrected chi connectivity index (χ2v) is 6.53. The number of fused-ring (bicyclic) bond motifs is 3. The summed E-state index contributed by atoms with van der Waals surface area (Å²) in [7, 11) is 0. The van der Waals surface area contributed by atoms with E-state index in [1.54, 1.807) is 0 Å². The lowest BCUT2D eigenvalue weighted by molar-refractivity contribution is -0.156. The summed E-state index contributed by atoms with van der Waals surface area (Å²) in [6.07, 6.45) is 8.42. The van der Waals surface area contributed by atoms with Crippen LogP contribution in [0.5, 0.6) is 0 Å². The van der Waals surface area contributed by atoms with Gasteiger partial charge >= 0.3 is 5.97 Å². The minimum atomic E-state index is -0.139. The van der Waals surface area contributed by atoms with Crippen LogP contribution in [0.4, 0.5) is 0 Å². The van der Waals surface area contributed by atoms with Crippen LogP contribution < -0.4 is 0 Å². The predicted molar refractivity (Wildman–Crippen MR) is 61.9 cm³/mol. The third-order valence-corrected chi connectivity index (χ3v) is 5.69. The first-order chi connectivity index (χ1) is 7.55. The van der Waals surface area contributed by atoms with Crippen molar-refractivity contribution in [2.24, 2.45) is 17.3 Å². The van der Waals surface area contributed by atoms with Gasteiger partial charge in [0.15, 0.2) is 0 Å². The molecule has 0 radical (unpaired) electrons. The Morgan fingerprint density at radius 1 is 1.19 bits per heavy atom. The number of ether oxygens (including phenoxy) is 1. The highest BCUT2D eigenvalue weighted by atomic mass is 16.6. The van der Waals surface area contributed by atoms with Crippen LogP contribution in [0.2, 0.25) is 0 Å². The van der Waals surface area contributed by atoms with Crippen LogP contribution in [-0.2, 0) is 9.53 Å². The number of hydrogen-bond donors (Lipinski definition) is 0. The summed E-state index contributed by atoms with van der Waals surface area (Å²) >= 11 is 0. The Bertz CT molecular complexity index is 325. The Morgan fingerprint density at radius 3 is 2.81 bits per heavy atom. The molecule has 3 aliphatic rings. The maximum atomic E-state index is 11.6. The fourth-order valence-corrected chi connectivity index (χ4v) is 4.74. The summed E-state index contributed by atoms with van der Waals surface area (Å²) in [5.41, 5.74) is 0.233. The molecule has 0 spiro atoms. The van der Waals surface area contributed by atoms with Gasteiger partial charge < -0.3 is 4.74 Å². The van der Waals surface area contributed by atoms with E-state index in [9.17, 15) is 4.79 Å². The normalized spacial score (nSPS) is 51.8. The molecule has 2 heteroatoms. The lowest BCUT2D eigenvalue weighted by Crippen LogP contribution is -2.51. The van der Waals surface area contributed by atoms with Crippen molar-refractivity contribution in [1.82, 2.24) is 0 Å². The molecule has 4 unspecified atom stereocenters. The zero-order chi connectivity index (χ0) is 11.4. The molecule has 2 aliphatic carbocycles. The molecule has 2 saturated carbocycles. The maximum absolute atomic E-state index is 11.6. The molecular formula is C14H22O2. The molecule has 1 heterocycles. The van der Waals surface area contributed by atoms with Gasteiger partial charge in [0.2, 0.25) is 0 Å². The van der Waals surface area contributed by atoms with Gasteiger partial charge in [-0.3, -0.25) is 4.79 Å². The van der Waals surface area contributed by atoms with Gasteiger partial charge in [-0.1, -0.05) is 19.8 Å². The molecule has 3 rings (SSSR count). The number of carbonyl (C=O) groups is 1. The first-order valence-electron chi connectivity index (χ1n) is 6.76. The fraction of sp³-hybridized carbons (Fsp3) is 0.929. The highest BCUT2D eigenvalue weighted by molar-refractivity contribution is 5.73. The van der Waals surface area contributed by atoms with Crippen molar-refractivity contribution in [2.75, 3.05) is 0 Å². The molecule has 4 atom stereocenters. The van der Waals surface area contributed by atoms with Crippen molar-refractivity contribution in [2.45, 2.75) is 64.4 Å². The fourth-order valence-electron chi connectivity index (χ4n) is 4.74. The molecule has 0 aromatic carbocycles. The summed E-state index contributed by atoms with van der Waals surface area (Å²) in [4.78, 5) is 11.6. The van der Waals surface area contributed by atoms with Gasteiger partial charge in [0, 0.05) is 5.92 Å². The molecule has 16 heavy (non-hydrogen) atoms. The van der Waals surface area contributed by atoms with E-state index < -0.39 is 0 Å². The van der Waals surface area contributed by atoms with Crippen molar-refractivity contribution in [3.63, 3.8) is 0 Å². The van der Waals surface area contributed by atoms with Gasteiger partial charge in [0.25, 0.3) is 0 Å². The zero-order valence-corrected chi connectivity index (χ0v) is 10.4. The first-order valence-corrected chi connectivity index (χ1v) is 6.76. The van der Waals surface area contributed by atoms with E-state index >= 15 is 0 Å². The summed E-state index contributed by atoms with van der Waals surface area (Å²) in [5.74, 6) is 1.36. The quantitative estimate of drug-likeness (QED) is 0.588. The second kappa shape index (κ2) is 3.24. The molecular weight excluding hydrogens is 200 g/mol. The van der Waals surface area contributed by atoms with Gasteiger partial charge in [-0.15, -0.1) is 0 Å². The second-order valence-electron chi connectivity index (χ2n) is 6.53. The molecule has 0 bridgehead atoms.